The van der Waals surface area contributed by atoms with Gasteiger partial charge in [0.15, 0.2) is 5.13 Å². The summed E-state index contributed by atoms with van der Waals surface area (Å²) in [6.07, 6.45) is 2.04. The Balaban J connectivity index is 1.96. The van der Waals surface area contributed by atoms with Crippen LogP contribution in [-0.4, -0.2) is 34.1 Å². The van der Waals surface area contributed by atoms with Crippen molar-refractivity contribution in [3.8, 4) is 0 Å². The van der Waals surface area contributed by atoms with Crippen LogP contribution in [0.15, 0.2) is 5.38 Å². The molecular weight excluding hydrogens is 316 g/mol. The molecule has 1 amide bonds. The van der Waals surface area contributed by atoms with Gasteiger partial charge in [0.25, 0.3) is 0 Å². The van der Waals surface area contributed by atoms with Gasteiger partial charge >= 0.3 is 0 Å². The number of carbonyl (C=O) groups excluding carboxylic acids is 1. The second-order valence-corrected chi connectivity index (χ2v) is 9.96. The van der Waals surface area contributed by atoms with E-state index in [9.17, 15) is 4.79 Å². The molecule has 0 atom stereocenters. The van der Waals surface area contributed by atoms with Crippen LogP contribution < -0.4 is 5.32 Å². The van der Waals surface area contributed by atoms with Crippen molar-refractivity contribution in [3.05, 3.63) is 11.1 Å². The van der Waals surface area contributed by atoms with E-state index < -0.39 is 4.75 Å². The lowest BCUT2D eigenvalue weighted by Gasteiger charge is -2.30. The summed E-state index contributed by atoms with van der Waals surface area (Å²) in [7, 11) is 0. The Morgan fingerprint density at radius 2 is 1.95 bits per heavy atom. The van der Waals surface area contributed by atoms with Crippen molar-refractivity contribution >= 4 is 34.1 Å². The molecule has 1 aromatic heterocycles. The maximum Gasteiger partial charge on any atom is 0.241 e. The molecule has 124 valence electrons. The van der Waals surface area contributed by atoms with E-state index in [1.807, 2.05) is 19.2 Å². The van der Waals surface area contributed by atoms with Crippen molar-refractivity contribution in [2.24, 2.45) is 0 Å². The minimum absolute atomic E-state index is 0.00580. The maximum atomic E-state index is 12.6. The zero-order valence-corrected chi connectivity index (χ0v) is 15.7. The van der Waals surface area contributed by atoms with E-state index in [0.717, 1.165) is 31.7 Å². The van der Waals surface area contributed by atoms with E-state index in [0.29, 0.717) is 10.4 Å². The summed E-state index contributed by atoms with van der Waals surface area (Å²) in [6.45, 7) is 11.9. The SMILES string of the molecule is CC(C)(SC1CCOCC1)C(=O)Nc1nc(C(C)(C)C)cs1. The lowest BCUT2D eigenvalue weighted by molar-refractivity contribution is -0.117. The van der Waals surface area contributed by atoms with Crippen LogP contribution >= 0.6 is 23.1 Å². The number of hydrogen-bond donors (Lipinski definition) is 1. The maximum absolute atomic E-state index is 12.6. The monoisotopic (exact) mass is 342 g/mol. The average Bonchev–Trinajstić information content (AvgIpc) is 2.88. The van der Waals surface area contributed by atoms with Crippen LogP contribution in [0.5, 0.6) is 0 Å². The average molecular weight is 343 g/mol. The van der Waals surface area contributed by atoms with Crippen LogP contribution in [0.2, 0.25) is 0 Å². The summed E-state index contributed by atoms with van der Waals surface area (Å²) < 4.78 is 4.92. The van der Waals surface area contributed by atoms with Crippen LogP contribution in [-0.2, 0) is 14.9 Å². The van der Waals surface area contributed by atoms with E-state index in [-0.39, 0.29) is 11.3 Å². The first-order valence-corrected chi connectivity index (χ1v) is 9.47. The fourth-order valence-electron chi connectivity index (χ4n) is 2.19. The van der Waals surface area contributed by atoms with Gasteiger partial charge in [0.05, 0.1) is 10.4 Å². The molecule has 1 fully saturated rings. The highest BCUT2D eigenvalue weighted by molar-refractivity contribution is 8.02. The molecule has 0 aliphatic carbocycles. The summed E-state index contributed by atoms with van der Waals surface area (Å²) in [4.78, 5) is 17.1. The molecule has 1 aliphatic heterocycles. The molecular formula is C16H26N2O2S2. The number of nitrogens with one attached hydrogen (secondary N) is 1. The van der Waals surface area contributed by atoms with Crippen molar-refractivity contribution in [2.75, 3.05) is 18.5 Å². The second-order valence-electron chi connectivity index (χ2n) is 7.18. The zero-order valence-electron chi connectivity index (χ0n) is 14.1. The number of anilines is 1. The molecule has 0 saturated carbocycles. The number of nitrogens with zero attached hydrogens (tertiary/aromatic N) is 1. The van der Waals surface area contributed by atoms with Gasteiger partial charge in [0.1, 0.15) is 0 Å². The van der Waals surface area contributed by atoms with Gasteiger partial charge in [-0.25, -0.2) is 4.98 Å². The Hall–Kier alpha value is -0.590. The van der Waals surface area contributed by atoms with E-state index in [4.69, 9.17) is 4.74 Å². The number of thiazole rings is 1. The topological polar surface area (TPSA) is 51.2 Å². The predicted octanol–water partition coefficient (Wildman–Crippen LogP) is 4.07. The van der Waals surface area contributed by atoms with E-state index >= 15 is 0 Å². The highest BCUT2D eigenvalue weighted by Gasteiger charge is 2.33. The fourth-order valence-corrected chi connectivity index (χ4v) is 4.54. The van der Waals surface area contributed by atoms with Gasteiger partial charge in [-0.1, -0.05) is 20.8 Å². The summed E-state index contributed by atoms with van der Waals surface area (Å²) in [5, 5.41) is 6.19. The molecule has 0 bridgehead atoms. The van der Waals surface area contributed by atoms with E-state index in [1.165, 1.54) is 11.3 Å². The smallest absolute Gasteiger partial charge is 0.241 e. The molecule has 0 unspecified atom stereocenters. The standard InChI is InChI=1S/C16H26N2O2S2/c1-15(2,3)12-10-21-14(17-12)18-13(19)16(4,5)22-11-6-8-20-9-7-11/h10-11H,6-9H2,1-5H3,(H,17,18,19). The lowest BCUT2D eigenvalue weighted by atomic mass is 9.93. The lowest BCUT2D eigenvalue weighted by Crippen LogP contribution is -2.37. The van der Waals surface area contributed by atoms with Crippen LogP contribution in [0.4, 0.5) is 5.13 Å². The highest BCUT2D eigenvalue weighted by Crippen LogP contribution is 2.35. The summed E-state index contributed by atoms with van der Waals surface area (Å²) in [5.41, 5.74) is 1.02. The Kier molecular flexibility index (Phi) is 5.56. The molecule has 6 heteroatoms. The van der Waals surface area contributed by atoms with Gasteiger partial charge in [-0.15, -0.1) is 23.1 Å². The van der Waals surface area contributed by atoms with Crippen LogP contribution in [0.3, 0.4) is 0 Å². The Labute approximate surface area is 141 Å². The number of ether oxygens (including phenoxy) is 1. The molecule has 1 saturated heterocycles. The van der Waals surface area contributed by atoms with Crippen molar-refractivity contribution in [2.45, 2.75) is 62.9 Å². The first-order valence-electron chi connectivity index (χ1n) is 7.71. The van der Waals surface area contributed by atoms with Crippen molar-refractivity contribution in [3.63, 3.8) is 0 Å². The minimum atomic E-state index is -0.463. The molecule has 0 radical (unpaired) electrons. The van der Waals surface area contributed by atoms with Crippen LogP contribution in [0.1, 0.15) is 53.2 Å². The third-order valence-electron chi connectivity index (χ3n) is 3.67. The molecule has 1 aliphatic rings. The number of hydrogen-bond acceptors (Lipinski definition) is 5. The summed E-state index contributed by atoms with van der Waals surface area (Å²) in [6, 6.07) is 0. The third-order valence-corrected chi connectivity index (χ3v) is 6.01. The first kappa shape index (κ1) is 17.8. The molecule has 4 nitrogen and oxygen atoms in total. The number of thioether (sulfide) groups is 1. The fraction of sp³-hybridized carbons (Fsp3) is 0.750. The Morgan fingerprint density at radius 1 is 1.32 bits per heavy atom. The molecule has 2 heterocycles. The molecule has 1 aromatic rings. The van der Waals surface area contributed by atoms with Gasteiger partial charge < -0.3 is 10.1 Å². The predicted molar refractivity (Wildman–Crippen MR) is 95.0 cm³/mol. The summed E-state index contributed by atoms with van der Waals surface area (Å²) >= 11 is 3.24. The normalized spacial score (nSPS) is 17.5. The first-order chi connectivity index (χ1) is 10.2. The molecule has 0 spiro atoms. The van der Waals surface area contributed by atoms with E-state index in [2.05, 4.69) is 31.1 Å². The number of aromatic nitrogens is 1. The van der Waals surface area contributed by atoms with Crippen molar-refractivity contribution in [1.29, 1.82) is 0 Å². The largest absolute Gasteiger partial charge is 0.381 e. The number of carbonyl (C=O) groups is 1. The van der Waals surface area contributed by atoms with Crippen LogP contribution in [0.25, 0.3) is 0 Å². The highest BCUT2D eigenvalue weighted by atomic mass is 32.2. The van der Waals surface area contributed by atoms with Crippen molar-refractivity contribution in [1.82, 2.24) is 4.98 Å². The minimum Gasteiger partial charge on any atom is -0.381 e. The quantitative estimate of drug-likeness (QED) is 0.896. The number of amides is 1. The molecule has 2 rings (SSSR count). The molecule has 22 heavy (non-hydrogen) atoms. The molecule has 0 aromatic carbocycles. The van der Waals surface area contributed by atoms with Gasteiger partial charge in [0, 0.05) is 29.3 Å². The van der Waals surface area contributed by atoms with Gasteiger partial charge in [-0.3, -0.25) is 4.79 Å². The second kappa shape index (κ2) is 6.89. The van der Waals surface area contributed by atoms with Gasteiger partial charge in [0.2, 0.25) is 5.91 Å². The third kappa shape index (κ3) is 4.70. The zero-order chi connectivity index (χ0) is 16.4. The molecule has 1 N–H and O–H groups in total. The van der Waals surface area contributed by atoms with Crippen LogP contribution in [0, 0.1) is 0 Å². The Morgan fingerprint density at radius 3 is 2.50 bits per heavy atom. The van der Waals surface area contributed by atoms with Gasteiger partial charge in [-0.05, 0) is 26.7 Å². The number of rotatable bonds is 4. The van der Waals surface area contributed by atoms with Crippen molar-refractivity contribution < 1.29 is 9.53 Å². The van der Waals surface area contributed by atoms with Gasteiger partial charge in [-0.2, -0.15) is 0 Å². The van der Waals surface area contributed by atoms with E-state index in [1.54, 1.807) is 11.8 Å². The summed E-state index contributed by atoms with van der Waals surface area (Å²) in [5.74, 6) is 0.0267. The Bertz CT molecular complexity index is 514.